The topological polar surface area (TPSA) is 95.9 Å². The van der Waals surface area contributed by atoms with Gasteiger partial charge < -0.3 is 9.84 Å². The highest BCUT2D eigenvalue weighted by Crippen LogP contribution is 2.31. The number of cyclic esters (lactones) is 1. The lowest BCUT2D eigenvalue weighted by atomic mass is 10.0. The van der Waals surface area contributed by atoms with E-state index in [0.29, 0.717) is 18.7 Å². The Kier molecular flexibility index (Phi) is 10.2. The lowest BCUT2D eigenvalue weighted by Gasteiger charge is -2.10. The number of aliphatic hydroxyl groups is 1. The minimum atomic E-state index is -0.741. The highest BCUT2D eigenvalue weighted by atomic mass is 16.6. The van der Waals surface area contributed by atoms with Gasteiger partial charge in [0.05, 0.1) is 18.6 Å². The van der Waals surface area contributed by atoms with Crippen LogP contribution in [0.15, 0.2) is 11.8 Å². The Morgan fingerprint density at radius 2 is 1.83 bits per heavy atom. The van der Waals surface area contributed by atoms with Gasteiger partial charge in [-0.3, -0.25) is 19.8 Å². The molecule has 2 atom stereocenters. The van der Waals surface area contributed by atoms with Crippen LogP contribution in [0.1, 0.15) is 90.4 Å². The monoisotopic (exact) mass is 408 g/mol. The van der Waals surface area contributed by atoms with Crippen molar-refractivity contribution in [3.63, 3.8) is 0 Å². The molecular weight excluding hydrogens is 372 g/mol. The molecule has 2 aliphatic heterocycles. The molecule has 2 aliphatic rings. The minimum Gasteiger partial charge on any atom is -0.412 e. The molecule has 164 valence electrons. The van der Waals surface area contributed by atoms with Crippen LogP contribution < -0.4 is 5.32 Å². The third-order valence-corrected chi connectivity index (χ3v) is 5.62. The first-order valence-corrected chi connectivity index (χ1v) is 11.2. The van der Waals surface area contributed by atoms with E-state index < -0.39 is 24.0 Å². The van der Waals surface area contributed by atoms with Gasteiger partial charge in [0.2, 0.25) is 5.91 Å². The summed E-state index contributed by atoms with van der Waals surface area (Å²) in [5.41, 5.74) is 0. The summed E-state index contributed by atoms with van der Waals surface area (Å²) in [6, 6.07) is -0.194. The van der Waals surface area contributed by atoms with Crippen LogP contribution in [-0.4, -0.2) is 46.6 Å². The molecule has 0 aromatic heterocycles. The zero-order chi connectivity index (χ0) is 21.1. The standard InChI is InChI=1S/C22H36N2O5/c1-2-3-4-5-6-7-8-9-10-12-17(25)15-20(26)23-21(27)16-19-18-13-11-14-24(18)22(28)29-19/h16-18,25H,2-15H2,1H3,(H,23,26,27). The molecule has 0 aliphatic carbocycles. The van der Waals surface area contributed by atoms with E-state index in [1.165, 1.54) is 44.6 Å². The SMILES string of the molecule is CCCCCCCCCCCC(O)CC(=O)NC(=O)C=C1OC(=O)N2CCCC12. The fourth-order valence-electron chi connectivity index (χ4n) is 3.99. The summed E-state index contributed by atoms with van der Waals surface area (Å²) in [6.45, 7) is 2.85. The number of unbranched alkanes of at least 4 members (excludes halogenated alkanes) is 8. The molecule has 0 aromatic rings. The molecule has 0 aromatic carbocycles. The average molecular weight is 409 g/mol. The van der Waals surface area contributed by atoms with Gasteiger partial charge >= 0.3 is 6.09 Å². The van der Waals surface area contributed by atoms with Crippen molar-refractivity contribution in [1.29, 1.82) is 0 Å². The van der Waals surface area contributed by atoms with Gasteiger partial charge in [-0.15, -0.1) is 0 Å². The number of hydrogen-bond donors (Lipinski definition) is 2. The van der Waals surface area contributed by atoms with E-state index >= 15 is 0 Å². The number of imide groups is 1. The summed E-state index contributed by atoms with van der Waals surface area (Å²) in [5, 5.41) is 12.3. The Hall–Kier alpha value is -1.89. The van der Waals surface area contributed by atoms with Crippen molar-refractivity contribution >= 4 is 17.9 Å². The molecule has 7 heteroatoms. The number of carbonyl (C=O) groups excluding carboxylic acids is 3. The van der Waals surface area contributed by atoms with E-state index in [0.717, 1.165) is 32.1 Å². The average Bonchev–Trinajstić information content (AvgIpc) is 3.25. The van der Waals surface area contributed by atoms with E-state index in [2.05, 4.69) is 12.2 Å². The molecule has 0 spiro atoms. The summed E-state index contributed by atoms with van der Waals surface area (Å²) in [5.74, 6) is -0.822. The maximum atomic E-state index is 12.0. The molecule has 0 radical (unpaired) electrons. The van der Waals surface area contributed by atoms with Crippen LogP contribution in [0.2, 0.25) is 0 Å². The number of aliphatic hydroxyl groups excluding tert-OH is 1. The summed E-state index contributed by atoms with van der Waals surface area (Å²) in [4.78, 5) is 37.2. The largest absolute Gasteiger partial charge is 0.415 e. The zero-order valence-corrected chi connectivity index (χ0v) is 17.7. The first-order chi connectivity index (χ1) is 14.0. The van der Waals surface area contributed by atoms with Gasteiger partial charge in [0.25, 0.3) is 5.91 Å². The lowest BCUT2D eigenvalue weighted by Crippen LogP contribution is -2.32. The molecule has 2 unspecified atom stereocenters. The predicted molar refractivity (Wildman–Crippen MR) is 110 cm³/mol. The number of carbonyl (C=O) groups is 3. The van der Waals surface area contributed by atoms with Crippen LogP contribution in [0.25, 0.3) is 0 Å². The molecule has 7 nitrogen and oxygen atoms in total. The molecule has 2 fully saturated rings. The summed E-state index contributed by atoms with van der Waals surface area (Å²) < 4.78 is 5.10. The predicted octanol–water partition coefficient (Wildman–Crippen LogP) is 3.80. The maximum absolute atomic E-state index is 12.0. The number of nitrogens with one attached hydrogen (secondary N) is 1. The molecule has 2 heterocycles. The fraction of sp³-hybridized carbons (Fsp3) is 0.773. The van der Waals surface area contributed by atoms with E-state index in [-0.39, 0.29) is 12.5 Å². The first kappa shape index (κ1) is 23.4. The van der Waals surface area contributed by atoms with E-state index in [1.807, 2.05) is 0 Å². The van der Waals surface area contributed by atoms with Crippen LogP contribution in [0.3, 0.4) is 0 Å². The Balaban J connectivity index is 1.56. The molecule has 0 saturated carbocycles. The first-order valence-electron chi connectivity index (χ1n) is 11.2. The third kappa shape index (κ3) is 8.17. The normalized spacial score (nSPS) is 20.6. The minimum absolute atomic E-state index is 0.0960. The van der Waals surface area contributed by atoms with E-state index in [9.17, 15) is 19.5 Å². The zero-order valence-electron chi connectivity index (χ0n) is 17.7. The molecule has 0 bridgehead atoms. The van der Waals surface area contributed by atoms with Crippen molar-refractivity contribution in [2.45, 2.75) is 103 Å². The fourth-order valence-corrected chi connectivity index (χ4v) is 3.99. The summed E-state index contributed by atoms with van der Waals surface area (Å²) >= 11 is 0. The Bertz CT molecular complexity index is 590. The lowest BCUT2D eigenvalue weighted by molar-refractivity contribution is -0.129. The van der Waals surface area contributed by atoms with Gasteiger partial charge in [0, 0.05) is 12.6 Å². The van der Waals surface area contributed by atoms with Crippen LogP contribution in [0.4, 0.5) is 4.79 Å². The van der Waals surface area contributed by atoms with Crippen molar-refractivity contribution in [2.75, 3.05) is 6.54 Å². The van der Waals surface area contributed by atoms with Gasteiger partial charge in [-0.2, -0.15) is 0 Å². The van der Waals surface area contributed by atoms with Gasteiger partial charge in [-0.1, -0.05) is 64.7 Å². The van der Waals surface area contributed by atoms with Crippen molar-refractivity contribution in [3.8, 4) is 0 Å². The number of ether oxygens (including phenoxy) is 1. The Labute approximate surface area is 173 Å². The number of nitrogens with zero attached hydrogens (tertiary/aromatic N) is 1. The summed E-state index contributed by atoms with van der Waals surface area (Å²) in [6.07, 6.45) is 12.9. The van der Waals surface area contributed by atoms with E-state index in [4.69, 9.17) is 4.74 Å². The van der Waals surface area contributed by atoms with Gasteiger partial charge in [-0.05, 0) is 19.3 Å². The van der Waals surface area contributed by atoms with Crippen LogP contribution in [-0.2, 0) is 14.3 Å². The highest BCUT2D eigenvalue weighted by molar-refractivity contribution is 6.01. The molecule has 3 amide bonds. The third-order valence-electron chi connectivity index (χ3n) is 5.62. The van der Waals surface area contributed by atoms with Crippen molar-refractivity contribution in [1.82, 2.24) is 10.2 Å². The van der Waals surface area contributed by atoms with Crippen LogP contribution in [0.5, 0.6) is 0 Å². The second-order valence-electron chi connectivity index (χ2n) is 8.15. The number of rotatable bonds is 13. The molecule has 2 saturated heterocycles. The second kappa shape index (κ2) is 12.6. The Morgan fingerprint density at radius 1 is 1.17 bits per heavy atom. The van der Waals surface area contributed by atoms with Gasteiger partial charge in [0.1, 0.15) is 5.76 Å². The smallest absolute Gasteiger partial charge is 0.412 e. The number of amides is 3. The van der Waals surface area contributed by atoms with Crippen molar-refractivity contribution in [2.24, 2.45) is 0 Å². The molecule has 2 rings (SSSR count). The summed E-state index contributed by atoms with van der Waals surface area (Å²) in [7, 11) is 0. The van der Waals surface area contributed by atoms with Crippen molar-refractivity contribution in [3.05, 3.63) is 11.8 Å². The van der Waals surface area contributed by atoms with Gasteiger partial charge in [-0.25, -0.2) is 4.79 Å². The molecular formula is C22H36N2O5. The van der Waals surface area contributed by atoms with Gasteiger partial charge in [0.15, 0.2) is 0 Å². The number of hydrogen-bond acceptors (Lipinski definition) is 5. The van der Waals surface area contributed by atoms with Crippen LogP contribution in [0, 0.1) is 0 Å². The molecule has 2 N–H and O–H groups in total. The van der Waals surface area contributed by atoms with Crippen LogP contribution >= 0.6 is 0 Å². The number of fused-ring (bicyclic) bond motifs is 1. The Morgan fingerprint density at radius 3 is 2.52 bits per heavy atom. The second-order valence-corrected chi connectivity index (χ2v) is 8.15. The maximum Gasteiger partial charge on any atom is 0.415 e. The van der Waals surface area contributed by atoms with E-state index in [1.54, 1.807) is 4.90 Å². The quantitative estimate of drug-likeness (QED) is 0.357. The highest BCUT2D eigenvalue weighted by Gasteiger charge is 2.41. The van der Waals surface area contributed by atoms with Crippen molar-refractivity contribution < 1.29 is 24.2 Å². The molecule has 29 heavy (non-hydrogen) atoms.